The zero-order valence-corrected chi connectivity index (χ0v) is 19.5. The maximum absolute atomic E-state index is 13.1. The van der Waals surface area contributed by atoms with Crippen LogP contribution in [0.3, 0.4) is 0 Å². The lowest BCUT2D eigenvalue weighted by molar-refractivity contribution is -0.133. The lowest BCUT2D eigenvalue weighted by Gasteiger charge is -2.22. The Morgan fingerprint density at radius 2 is 1.70 bits per heavy atom. The van der Waals surface area contributed by atoms with E-state index in [0.29, 0.717) is 22.0 Å². The standard InChI is InChI=1S/C24H24ClN5O3/c1-14-5-11-19(12-6-14)30-16(3)21(15(2)28-30)26-20(31)13-29-22(32)24(4,27-23(29)33)17-7-9-18(25)10-8-17/h5-12H,13H2,1-4H3,(H,26,31)(H,27,33). The molecule has 0 aliphatic carbocycles. The average Bonchev–Trinajstić information content (AvgIpc) is 3.17. The van der Waals surface area contributed by atoms with Crippen LogP contribution in [0.15, 0.2) is 48.5 Å². The van der Waals surface area contributed by atoms with Crippen molar-refractivity contribution in [2.45, 2.75) is 33.2 Å². The summed E-state index contributed by atoms with van der Waals surface area (Å²) in [5.41, 5.74) is 3.23. The second kappa shape index (κ2) is 8.37. The Morgan fingerprint density at radius 3 is 2.33 bits per heavy atom. The highest BCUT2D eigenvalue weighted by Gasteiger charge is 2.49. The molecular weight excluding hydrogens is 442 g/mol. The molecule has 0 radical (unpaired) electrons. The summed E-state index contributed by atoms with van der Waals surface area (Å²) < 4.78 is 1.75. The number of amides is 4. The summed E-state index contributed by atoms with van der Waals surface area (Å²) in [6.07, 6.45) is 0. The maximum Gasteiger partial charge on any atom is 0.325 e. The number of halogens is 1. The van der Waals surface area contributed by atoms with E-state index in [0.717, 1.165) is 21.8 Å². The molecule has 1 aliphatic heterocycles. The highest BCUT2D eigenvalue weighted by molar-refractivity contribution is 6.30. The number of aryl methyl sites for hydroxylation is 2. The van der Waals surface area contributed by atoms with Crippen molar-refractivity contribution in [2.24, 2.45) is 0 Å². The molecule has 1 unspecified atom stereocenters. The topological polar surface area (TPSA) is 96.3 Å². The molecule has 2 N–H and O–H groups in total. The van der Waals surface area contributed by atoms with E-state index in [1.807, 2.05) is 38.1 Å². The summed E-state index contributed by atoms with van der Waals surface area (Å²) in [5, 5.41) is 10.5. The van der Waals surface area contributed by atoms with Gasteiger partial charge in [0.2, 0.25) is 5.91 Å². The highest BCUT2D eigenvalue weighted by Crippen LogP contribution is 2.30. The van der Waals surface area contributed by atoms with Gasteiger partial charge in [-0.15, -0.1) is 0 Å². The minimum absolute atomic E-state index is 0.414. The molecule has 1 aliphatic rings. The lowest BCUT2D eigenvalue weighted by atomic mass is 9.92. The number of carbonyl (C=O) groups is 3. The van der Waals surface area contributed by atoms with Crippen LogP contribution in [0, 0.1) is 20.8 Å². The van der Waals surface area contributed by atoms with E-state index in [9.17, 15) is 14.4 Å². The number of urea groups is 1. The molecular formula is C24H24ClN5O3. The predicted molar refractivity (Wildman–Crippen MR) is 125 cm³/mol. The van der Waals surface area contributed by atoms with Gasteiger partial charge >= 0.3 is 6.03 Å². The first-order valence-corrected chi connectivity index (χ1v) is 10.8. The van der Waals surface area contributed by atoms with Crippen LogP contribution in [0.25, 0.3) is 5.69 Å². The van der Waals surface area contributed by atoms with Gasteiger partial charge in [0.15, 0.2) is 0 Å². The second-order valence-electron chi connectivity index (χ2n) is 8.29. The molecule has 33 heavy (non-hydrogen) atoms. The lowest BCUT2D eigenvalue weighted by Crippen LogP contribution is -2.42. The molecule has 1 aromatic heterocycles. The molecule has 2 aromatic carbocycles. The molecule has 1 atom stereocenters. The van der Waals surface area contributed by atoms with Gasteiger partial charge in [-0.2, -0.15) is 5.10 Å². The third-order valence-electron chi connectivity index (χ3n) is 5.83. The number of hydrogen-bond acceptors (Lipinski definition) is 4. The number of benzene rings is 2. The number of anilines is 1. The van der Waals surface area contributed by atoms with Gasteiger partial charge in [-0.1, -0.05) is 41.4 Å². The molecule has 0 spiro atoms. The SMILES string of the molecule is Cc1ccc(-n2nc(C)c(NC(=O)CN3C(=O)NC(C)(c4ccc(Cl)cc4)C3=O)c2C)cc1. The number of aromatic nitrogens is 2. The van der Waals surface area contributed by atoms with Gasteiger partial charge in [0, 0.05) is 5.02 Å². The first-order valence-electron chi connectivity index (χ1n) is 10.4. The Bertz CT molecular complexity index is 1250. The van der Waals surface area contributed by atoms with Gasteiger partial charge in [-0.05, 0) is 57.5 Å². The number of nitrogens with zero attached hydrogens (tertiary/aromatic N) is 3. The fourth-order valence-electron chi connectivity index (χ4n) is 3.90. The summed E-state index contributed by atoms with van der Waals surface area (Å²) >= 11 is 5.93. The Morgan fingerprint density at radius 1 is 1.06 bits per heavy atom. The summed E-state index contributed by atoms with van der Waals surface area (Å²) in [5.74, 6) is -0.998. The van der Waals surface area contributed by atoms with Gasteiger partial charge in [-0.3, -0.25) is 14.5 Å². The van der Waals surface area contributed by atoms with E-state index >= 15 is 0 Å². The third-order valence-corrected chi connectivity index (χ3v) is 6.08. The van der Waals surface area contributed by atoms with Gasteiger partial charge in [0.05, 0.1) is 22.8 Å². The van der Waals surface area contributed by atoms with Crippen molar-refractivity contribution in [3.05, 3.63) is 76.1 Å². The summed E-state index contributed by atoms with van der Waals surface area (Å²) in [6, 6.07) is 13.9. The zero-order chi connectivity index (χ0) is 23.9. The minimum atomic E-state index is -1.27. The van der Waals surface area contributed by atoms with Crippen molar-refractivity contribution in [2.75, 3.05) is 11.9 Å². The zero-order valence-electron chi connectivity index (χ0n) is 18.8. The van der Waals surface area contributed by atoms with Crippen molar-refractivity contribution in [3.8, 4) is 5.69 Å². The van der Waals surface area contributed by atoms with Crippen molar-refractivity contribution in [1.29, 1.82) is 0 Å². The van der Waals surface area contributed by atoms with Gasteiger partial charge in [0.25, 0.3) is 5.91 Å². The highest BCUT2D eigenvalue weighted by atomic mass is 35.5. The Labute approximate surface area is 196 Å². The average molecular weight is 466 g/mol. The monoisotopic (exact) mass is 465 g/mol. The Hall–Kier alpha value is -3.65. The summed E-state index contributed by atoms with van der Waals surface area (Å²) in [4.78, 5) is 39.3. The van der Waals surface area contributed by atoms with Crippen molar-refractivity contribution >= 4 is 35.1 Å². The molecule has 1 saturated heterocycles. The van der Waals surface area contributed by atoms with Crippen LogP contribution in [0.4, 0.5) is 10.5 Å². The molecule has 3 aromatic rings. The number of imide groups is 1. The van der Waals surface area contributed by atoms with Crippen molar-refractivity contribution in [3.63, 3.8) is 0 Å². The molecule has 9 heteroatoms. The molecule has 4 amide bonds. The number of hydrogen-bond donors (Lipinski definition) is 2. The van der Waals surface area contributed by atoms with E-state index in [1.54, 1.807) is 42.8 Å². The molecule has 2 heterocycles. The van der Waals surface area contributed by atoms with E-state index in [2.05, 4.69) is 15.7 Å². The molecule has 8 nitrogen and oxygen atoms in total. The maximum atomic E-state index is 13.1. The first kappa shape index (κ1) is 22.5. The van der Waals surface area contributed by atoms with Crippen LogP contribution in [0.1, 0.15) is 29.4 Å². The van der Waals surface area contributed by atoms with E-state index in [4.69, 9.17) is 11.6 Å². The van der Waals surface area contributed by atoms with Gasteiger partial charge in [0.1, 0.15) is 12.1 Å². The van der Waals surface area contributed by atoms with Gasteiger partial charge in [-0.25, -0.2) is 9.48 Å². The first-order chi connectivity index (χ1) is 15.6. The second-order valence-corrected chi connectivity index (χ2v) is 8.73. The summed E-state index contributed by atoms with van der Waals surface area (Å²) in [7, 11) is 0. The van der Waals surface area contributed by atoms with Crippen LogP contribution >= 0.6 is 11.6 Å². The fourth-order valence-corrected chi connectivity index (χ4v) is 4.03. The quantitative estimate of drug-likeness (QED) is 0.559. The van der Waals surface area contributed by atoms with Crippen LogP contribution < -0.4 is 10.6 Å². The van der Waals surface area contributed by atoms with Crippen LogP contribution in [-0.4, -0.2) is 39.1 Å². The van der Waals surface area contributed by atoms with Crippen molar-refractivity contribution in [1.82, 2.24) is 20.0 Å². The fraction of sp³-hybridized carbons (Fsp3) is 0.250. The molecule has 0 saturated carbocycles. The number of rotatable bonds is 5. The van der Waals surface area contributed by atoms with Crippen LogP contribution in [0.5, 0.6) is 0 Å². The van der Waals surface area contributed by atoms with Crippen LogP contribution in [-0.2, 0) is 15.1 Å². The molecule has 1 fully saturated rings. The minimum Gasteiger partial charge on any atom is -0.321 e. The van der Waals surface area contributed by atoms with Crippen molar-refractivity contribution < 1.29 is 14.4 Å². The number of nitrogens with one attached hydrogen (secondary N) is 2. The predicted octanol–water partition coefficient (Wildman–Crippen LogP) is 3.86. The normalized spacial score (nSPS) is 17.9. The smallest absolute Gasteiger partial charge is 0.321 e. The molecule has 0 bridgehead atoms. The van der Waals surface area contributed by atoms with E-state index in [-0.39, 0.29) is 0 Å². The Balaban J connectivity index is 1.51. The van der Waals surface area contributed by atoms with Gasteiger partial charge < -0.3 is 10.6 Å². The van der Waals surface area contributed by atoms with E-state index in [1.165, 1.54) is 0 Å². The summed E-state index contributed by atoms with van der Waals surface area (Å²) in [6.45, 7) is 6.83. The molecule has 4 rings (SSSR count). The Kier molecular flexibility index (Phi) is 5.71. The third kappa shape index (κ3) is 4.09. The molecule has 170 valence electrons. The van der Waals surface area contributed by atoms with Crippen LogP contribution in [0.2, 0.25) is 5.02 Å². The van der Waals surface area contributed by atoms with E-state index < -0.39 is 29.9 Å². The number of carbonyl (C=O) groups excluding carboxylic acids is 3. The largest absolute Gasteiger partial charge is 0.325 e.